The summed E-state index contributed by atoms with van der Waals surface area (Å²) in [6.45, 7) is 2.40. The van der Waals surface area contributed by atoms with E-state index in [9.17, 15) is 14.7 Å². The van der Waals surface area contributed by atoms with Gasteiger partial charge < -0.3 is 9.84 Å². The highest BCUT2D eigenvalue weighted by molar-refractivity contribution is 6.52. The van der Waals surface area contributed by atoms with E-state index in [-0.39, 0.29) is 11.3 Å². The van der Waals surface area contributed by atoms with Crippen molar-refractivity contribution in [1.29, 1.82) is 0 Å². The number of halogens is 1. The van der Waals surface area contributed by atoms with E-state index in [1.807, 2.05) is 49.4 Å². The Labute approximate surface area is 207 Å². The zero-order valence-corrected chi connectivity index (χ0v) is 19.7. The third-order valence-corrected chi connectivity index (χ3v) is 6.32. The predicted octanol–water partition coefficient (Wildman–Crippen LogP) is 6.52. The number of aliphatic hydroxyl groups excluding tert-OH is 1. The Morgan fingerprint density at radius 2 is 1.66 bits per heavy atom. The van der Waals surface area contributed by atoms with E-state index < -0.39 is 17.7 Å². The third kappa shape index (κ3) is 4.04. The van der Waals surface area contributed by atoms with E-state index in [4.69, 9.17) is 16.3 Å². The maximum atomic E-state index is 13.4. The second-order valence-electron chi connectivity index (χ2n) is 8.17. The molecule has 1 unspecified atom stereocenters. The van der Waals surface area contributed by atoms with Crippen molar-refractivity contribution in [2.75, 3.05) is 11.5 Å². The number of benzene rings is 4. The molecule has 0 bridgehead atoms. The van der Waals surface area contributed by atoms with E-state index in [1.54, 1.807) is 48.5 Å². The maximum absolute atomic E-state index is 13.4. The van der Waals surface area contributed by atoms with Crippen LogP contribution in [-0.4, -0.2) is 23.4 Å². The number of carbonyl (C=O) groups excluding carboxylic acids is 2. The molecule has 35 heavy (non-hydrogen) atoms. The third-order valence-electron chi connectivity index (χ3n) is 6.09. The first-order valence-corrected chi connectivity index (χ1v) is 11.6. The molecule has 4 aromatic carbocycles. The van der Waals surface area contributed by atoms with Crippen molar-refractivity contribution in [2.45, 2.75) is 13.0 Å². The normalized spacial score (nSPS) is 17.2. The molecule has 0 radical (unpaired) electrons. The number of rotatable bonds is 5. The van der Waals surface area contributed by atoms with Crippen LogP contribution in [0.4, 0.5) is 5.69 Å². The van der Waals surface area contributed by atoms with Gasteiger partial charge >= 0.3 is 0 Å². The highest BCUT2D eigenvalue weighted by Gasteiger charge is 2.47. The van der Waals surface area contributed by atoms with Crippen molar-refractivity contribution in [3.63, 3.8) is 0 Å². The van der Waals surface area contributed by atoms with Crippen LogP contribution in [0.15, 0.2) is 96.6 Å². The molecule has 0 aromatic heterocycles. The molecule has 174 valence electrons. The fourth-order valence-electron chi connectivity index (χ4n) is 4.54. The summed E-state index contributed by atoms with van der Waals surface area (Å²) in [6, 6.07) is 26.2. The SMILES string of the molecule is CCOc1ccc(/C(O)=C2/C(=O)C(=O)N(c3cccc(Cl)c3)C2c2cccc3ccccc23)cc1. The van der Waals surface area contributed by atoms with Crippen LogP contribution >= 0.6 is 11.6 Å². The van der Waals surface area contributed by atoms with Gasteiger partial charge in [0.15, 0.2) is 0 Å². The van der Waals surface area contributed by atoms with Crippen LogP contribution in [0.5, 0.6) is 5.75 Å². The summed E-state index contributed by atoms with van der Waals surface area (Å²) in [4.78, 5) is 28.2. The molecule has 1 saturated heterocycles. The van der Waals surface area contributed by atoms with Crippen molar-refractivity contribution in [3.05, 3.63) is 113 Å². The van der Waals surface area contributed by atoms with Gasteiger partial charge in [-0.15, -0.1) is 0 Å². The molecule has 0 spiro atoms. The molecule has 1 amide bonds. The highest BCUT2D eigenvalue weighted by Crippen LogP contribution is 2.44. The van der Waals surface area contributed by atoms with Gasteiger partial charge in [-0.05, 0) is 65.7 Å². The summed E-state index contributed by atoms with van der Waals surface area (Å²) >= 11 is 6.24. The molecule has 0 saturated carbocycles. The van der Waals surface area contributed by atoms with Gasteiger partial charge in [0.2, 0.25) is 0 Å². The second-order valence-corrected chi connectivity index (χ2v) is 8.61. The Hall–Kier alpha value is -4.09. The first kappa shape index (κ1) is 22.7. The fourth-order valence-corrected chi connectivity index (χ4v) is 4.72. The van der Waals surface area contributed by atoms with Crippen molar-refractivity contribution in [1.82, 2.24) is 0 Å². The van der Waals surface area contributed by atoms with Gasteiger partial charge in [-0.3, -0.25) is 14.5 Å². The number of hydrogen-bond donors (Lipinski definition) is 1. The van der Waals surface area contributed by atoms with Crippen LogP contribution in [0, 0.1) is 0 Å². The number of aliphatic hydroxyl groups is 1. The molecule has 1 aliphatic heterocycles. The molecule has 4 aromatic rings. The lowest BCUT2D eigenvalue weighted by molar-refractivity contribution is -0.132. The minimum atomic E-state index is -0.842. The van der Waals surface area contributed by atoms with Gasteiger partial charge in [-0.25, -0.2) is 0 Å². The lowest BCUT2D eigenvalue weighted by atomic mass is 9.91. The molecule has 1 heterocycles. The standard InChI is InChI=1S/C29H22ClNO4/c1-2-35-22-15-13-19(14-16-22)27(32)25-26(24-12-5-8-18-7-3-4-11-23(18)24)31(29(34)28(25)33)21-10-6-9-20(30)17-21/h3-17,26,32H,2H2,1H3/b27-25-. The van der Waals surface area contributed by atoms with Gasteiger partial charge in [0.25, 0.3) is 11.7 Å². The largest absolute Gasteiger partial charge is 0.507 e. The van der Waals surface area contributed by atoms with Crippen LogP contribution in [0.1, 0.15) is 24.1 Å². The molecule has 1 N–H and O–H groups in total. The maximum Gasteiger partial charge on any atom is 0.300 e. The molecular formula is C29H22ClNO4. The fraction of sp³-hybridized carbons (Fsp3) is 0.103. The zero-order chi connectivity index (χ0) is 24.5. The number of Topliss-reactive ketones (excluding diaryl/α,β-unsaturated/α-hetero) is 1. The van der Waals surface area contributed by atoms with E-state index in [0.717, 1.165) is 16.3 Å². The summed E-state index contributed by atoms with van der Waals surface area (Å²) in [5.74, 6) is -1.07. The minimum absolute atomic E-state index is 0.0236. The second kappa shape index (κ2) is 9.28. The summed E-state index contributed by atoms with van der Waals surface area (Å²) in [5, 5.41) is 13.6. The smallest absolute Gasteiger partial charge is 0.300 e. The van der Waals surface area contributed by atoms with E-state index >= 15 is 0 Å². The van der Waals surface area contributed by atoms with Crippen LogP contribution in [0.3, 0.4) is 0 Å². The Morgan fingerprint density at radius 3 is 2.40 bits per heavy atom. The van der Waals surface area contributed by atoms with Gasteiger partial charge in [0.05, 0.1) is 18.2 Å². The molecule has 5 rings (SSSR count). The first-order chi connectivity index (χ1) is 17.0. The van der Waals surface area contributed by atoms with Crippen molar-refractivity contribution in [3.8, 4) is 5.75 Å². The van der Waals surface area contributed by atoms with Crippen LogP contribution in [0.25, 0.3) is 16.5 Å². The Kier molecular flexibility index (Phi) is 6.01. The number of anilines is 1. The number of fused-ring (bicyclic) bond motifs is 1. The summed E-state index contributed by atoms with van der Waals surface area (Å²) in [7, 11) is 0. The summed E-state index contributed by atoms with van der Waals surface area (Å²) < 4.78 is 5.49. The summed E-state index contributed by atoms with van der Waals surface area (Å²) in [5.41, 5.74) is 1.65. The predicted molar refractivity (Wildman–Crippen MR) is 138 cm³/mol. The number of ketones is 1. The summed E-state index contributed by atoms with van der Waals surface area (Å²) in [6.07, 6.45) is 0. The topological polar surface area (TPSA) is 66.8 Å². The Morgan fingerprint density at radius 1 is 0.943 bits per heavy atom. The molecule has 1 aliphatic rings. The van der Waals surface area contributed by atoms with Crippen LogP contribution in [0.2, 0.25) is 5.02 Å². The zero-order valence-electron chi connectivity index (χ0n) is 18.9. The Bertz CT molecular complexity index is 1470. The van der Waals surface area contributed by atoms with E-state index in [2.05, 4.69) is 0 Å². The molecular weight excluding hydrogens is 462 g/mol. The number of nitrogens with zero attached hydrogens (tertiary/aromatic N) is 1. The van der Waals surface area contributed by atoms with Crippen LogP contribution < -0.4 is 9.64 Å². The lowest BCUT2D eigenvalue weighted by Gasteiger charge is -2.26. The lowest BCUT2D eigenvalue weighted by Crippen LogP contribution is -2.29. The molecule has 6 heteroatoms. The van der Waals surface area contributed by atoms with Crippen molar-refractivity contribution < 1.29 is 19.4 Å². The molecule has 0 aliphatic carbocycles. The van der Waals surface area contributed by atoms with Gasteiger partial charge in [0, 0.05) is 16.3 Å². The average molecular weight is 484 g/mol. The number of ether oxygens (including phenoxy) is 1. The van der Waals surface area contributed by atoms with Crippen molar-refractivity contribution in [2.24, 2.45) is 0 Å². The number of amides is 1. The molecule has 5 nitrogen and oxygen atoms in total. The van der Waals surface area contributed by atoms with E-state index in [0.29, 0.717) is 28.6 Å². The molecule has 1 atom stereocenters. The number of carbonyl (C=O) groups is 2. The van der Waals surface area contributed by atoms with E-state index in [1.165, 1.54) is 4.90 Å². The van der Waals surface area contributed by atoms with Gasteiger partial charge in [0.1, 0.15) is 11.5 Å². The minimum Gasteiger partial charge on any atom is -0.507 e. The number of hydrogen-bond acceptors (Lipinski definition) is 4. The monoisotopic (exact) mass is 483 g/mol. The highest BCUT2D eigenvalue weighted by atomic mass is 35.5. The quantitative estimate of drug-likeness (QED) is 0.199. The first-order valence-electron chi connectivity index (χ1n) is 11.3. The van der Waals surface area contributed by atoms with Gasteiger partial charge in [-0.2, -0.15) is 0 Å². The van der Waals surface area contributed by atoms with Crippen LogP contribution in [-0.2, 0) is 9.59 Å². The molecule has 1 fully saturated rings. The Balaban J connectivity index is 1.75. The van der Waals surface area contributed by atoms with Crippen molar-refractivity contribution >= 4 is 45.5 Å². The average Bonchev–Trinajstić information content (AvgIpc) is 3.14. The van der Waals surface area contributed by atoms with Gasteiger partial charge in [-0.1, -0.05) is 60.1 Å².